The molecule has 0 atom stereocenters. The highest BCUT2D eigenvalue weighted by atomic mass is 16.5. The first kappa shape index (κ1) is 14.2. The molecule has 0 spiro atoms. The molecule has 0 heterocycles. The van der Waals surface area contributed by atoms with Crippen LogP contribution in [0.3, 0.4) is 0 Å². The smallest absolute Gasteiger partial charge is 0.330 e. The first-order valence-corrected chi connectivity index (χ1v) is 6.16. The fourth-order valence-corrected chi connectivity index (χ4v) is 1.44. The Balaban J connectivity index is 2.31. The minimum Gasteiger partial charge on any atom is -0.425 e. The average Bonchev–Trinajstić information content (AvgIpc) is 2.34. The van der Waals surface area contributed by atoms with Gasteiger partial charge in [-0.1, -0.05) is 25.5 Å². The Bertz CT molecular complexity index is 415. The highest BCUT2D eigenvalue weighted by Crippen LogP contribution is 2.12. The predicted molar refractivity (Wildman–Crippen MR) is 69.3 cm³/mol. The molecular weight excluding hydrogens is 230 g/mol. The number of esters is 1. The van der Waals surface area contributed by atoms with E-state index < -0.39 is 5.97 Å². The summed E-state index contributed by atoms with van der Waals surface area (Å²) in [5, 5.41) is 2.54. The molecule has 0 aromatic heterocycles. The number of carbonyl (C=O) groups is 2. The summed E-state index contributed by atoms with van der Waals surface area (Å²) in [6.07, 6.45) is 2.24. The first-order valence-electron chi connectivity index (χ1n) is 6.16. The van der Waals surface area contributed by atoms with Crippen LogP contribution in [0.5, 0.6) is 5.75 Å². The lowest BCUT2D eigenvalue weighted by Gasteiger charge is -2.06. The van der Waals surface area contributed by atoms with Gasteiger partial charge in [0.05, 0.1) is 0 Å². The summed E-state index contributed by atoms with van der Waals surface area (Å²) in [6, 6.07) is 7.22. The van der Waals surface area contributed by atoms with Crippen LogP contribution in [0.2, 0.25) is 0 Å². The Kier molecular flexibility index (Phi) is 5.91. The second-order valence-corrected chi connectivity index (χ2v) is 4.17. The third-order valence-corrected chi connectivity index (χ3v) is 2.41. The maximum atomic E-state index is 11.5. The quantitative estimate of drug-likeness (QED) is 0.621. The van der Waals surface area contributed by atoms with Crippen molar-refractivity contribution in [1.29, 1.82) is 0 Å². The topological polar surface area (TPSA) is 55.4 Å². The van der Waals surface area contributed by atoms with Crippen LogP contribution in [0.25, 0.3) is 0 Å². The van der Waals surface area contributed by atoms with E-state index in [1.165, 1.54) is 0 Å². The van der Waals surface area contributed by atoms with Crippen molar-refractivity contribution in [3.63, 3.8) is 0 Å². The van der Waals surface area contributed by atoms with Crippen LogP contribution in [0.15, 0.2) is 24.3 Å². The summed E-state index contributed by atoms with van der Waals surface area (Å²) < 4.78 is 5.10. The van der Waals surface area contributed by atoms with Crippen molar-refractivity contribution in [2.45, 2.75) is 33.1 Å². The molecule has 0 aliphatic heterocycles. The minimum absolute atomic E-state index is 0.0868. The van der Waals surface area contributed by atoms with Crippen LogP contribution >= 0.6 is 0 Å². The van der Waals surface area contributed by atoms with Crippen molar-refractivity contribution < 1.29 is 14.3 Å². The van der Waals surface area contributed by atoms with E-state index in [1.807, 2.05) is 26.0 Å². The first-order chi connectivity index (χ1) is 8.61. The van der Waals surface area contributed by atoms with Crippen LogP contribution in [0.4, 0.5) is 0 Å². The van der Waals surface area contributed by atoms with Crippen LogP contribution in [0, 0.1) is 6.92 Å². The number of ether oxygens (including phenoxy) is 1. The molecule has 4 nitrogen and oxygen atoms in total. The molecule has 1 rings (SSSR count). The summed E-state index contributed by atoms with van der Waals surface area (Å²) in [6.45, 7) is 3.85. The van der Waals surface area contributed by atoms with E-state index in [9.17, 15) is 9.59 Å². The number of amides is 1. The lowest BCUT2D eigenvalue weighted by molar-refractivity contribution is -0.135. The van der Waals surface area contributed by atoms with Gasteiger partial charge in [-0.15, -0.1) is 0 Å². The molecule has 1 amide bonds. The molecule has 0 fully saturated rings. The van der Waals surface area contributed by atoms with Crippen LogP contribution in [-0.2, 0) is 9.59 Å². The number of rotatable bonds is 6. The number of hydrogen-bond donors (Lipinski definition) is 1. The van der Waals surface area contributed by atoms with Crippen LogP contribution in [-0.4, -0.2) is 18.4 Å². The lowest BCUT2D eigenvalue weighted by Crippen LogP contribution is -2.31. The van der Waals surface area contributed by atoms with Crippen molar-refractivity contribution in [1.82, 2.24) is 5.32 Å². The Morgan fingerprint density at radius 3 is 2.78 bits per heavy atom. The highest BCUT2D eigenvalue weighted by Gasteiger charge is 2.07. The molecule has 0 bridgehead atoms. The molecule has 98 valence electrons. The van der Waals surface area contributed by atoms with Crippen LogP contribution < -0.4 is 10.1 Å². The highest BCUT2D eigenvalue weighted by molar-refractivity contribution is 5.82. The molecule has 4 heteroatoms. The second kappa shape index (κ2) is 7.48. The molecule has 1 N–H and O–H groups in total. The van der Waals surface area contributed by atoms with Crippen LogP contribution in [0.1, 0.15) is 31.7 Å². The molecule has 0 radical (unpaired) electrons. The maximum absolute atomic E-state index is 11.5. The third kappa shape index (κ3) is 5.48. The monoisotopic (exact) mass is 249 g/mol. The summed E-state index contributed by atoms with van der Waals surface area (Å²) in [4.78, 5) is 22.8. The zero-order chi connectivity index (χ0) is 13.4. The Labute approximate surface area is 107 Å². The van der Waals surface area contributed by atoms with Gasteiger partial charge in [-0.3, -0.25) is 4.79 Å². The van der Waals surface area contributed by atoms with Gasteiger partial charge in [0.1, 0.15) is 12.3 Å². The minimum atomic E-state index is -0.453. The van der Waals surface area contributed by atoms with Gasteiger partial charge >= 0.3 is 5.97 Å². The van der Waals surface area contributed by atoms with E-state index in [0.717, 1.165) is 18.4 Å². The molecule has 1 aromatic rings. The maximum Gasteiger partial charge on any atom is 0.330 e. The molecule has 0 saturated carbocycles. The summed E-state index contributed by atoms with van der Waals surface area (Å²) in [5.41, 5.74) is 1.02. The van der Waals surface area contributed by atoms with Crippen molar-refractivity contribution in [3.05, 3.63) is 29.8 Å². The van der Waals surface area contributed by atoms with E-state index in [0.29, 0.717) is 12.2 Å². The van der Waals surface area contributed by atoms with E-state index in [4.69, 9.17) is 4.74 Å². The van der Waals surface area contributed by atoms with Gasteiger partial charge in [0.25, 0.3) is 0 Å². The SMILES string of the molecule is CCCCC(=O)NCC(=O)Oc1cccc(C)c1. The number of nitrogens with one attached hydrogen (secondary N) is 1. The lowest BCUT2D eigenvalue weighted by atomic mass is 10.2. The average molecular weight is 249 g/mol. The van der Waals surface area contributed by atoms with Crippen molar-refractivity contribution in [3.8, 4) is 5.75 Å². The zero-order valence-electron chi connectivity index (χ0n) is 10.9. The molecule has 0 unspecified atom stereocenters. The number of unbranched alkanes of at least 4 members (excludes halogenated alkanes) is 1. The zero-order valence-corrected chi connectivity index (χ0v) is 10.9. The van der Waals surface area contributed by atoms with Gasteiger partial charge < -0.3 is 10.1 Å². The van der Waals surface area contributed by atoms with Crippen molar-refractivity contribution in [2.75, 3.05) is 6.54 Å². The van der Waals surface area contributed by atoms with Gasteiger partial charge in [0.15, 0.2) is 0 Å². The Morgan fingerprint density at radius 2 is 2.11 bits per heavy atom. The van der Waals surface area contributed by atoms with Gasteiger partial charge in [-0.25, -0.2) is 4.79 Å². The van der Waals surface area contributed by atoms with Gasteiger partial charge in [0.2, 0.25) is 5.91 Å². The largest absolute Gasteiger partial charge is 0.425 e. The van der Waals surface area contributed by atoms with Gasteiger partial charge in [0, 0.05) is 6.42 Å². The molecule has 1 aromatic carbocycles. The van der Waals surface area contributed by atoms with E-state index in [2.05, 4.69) is 5.32 Å². The van der Waals surface area contributed by atoms with Gasteiger partial charge in [-0.05, 0) is 31.0 Å². The van der Waals surface area contributed by atoms with E-state index in [1.54, 1.807) is 12.1 Å². The second-order valence-electron chi connectivity index (χ2n) is 4.17. The normalized spacial score (nSPS) is 9.89. The Morgan fingerprint density at radius 1 is 1.33 bits per heavy atom. The summed E-state index contributed by atoms with van der Waals surface area (Å²) >= 11 is 0. The predicted octanol–water partition coefficient (Wildman–Crippen LogP) is 2.21. The number of benzene rings is 1. The molecular formula is C14H19NO3. The molecule has 0 saturated heterocycles. The van der Waals surface area contributed by atoms with Gasteiger partial charge in [-0.2, -0.15) is 0 Å². The summed E-state index contributed by atoms with van der Waals surface area (Å²) in [5.74, 6) is -0.0636. The number of carbonyl (C=O) groups excluding carboxylic acids is 2. The molecule has 18 heavy (non-hydrogen) atoms. The third-order valence-electron chi connectivity index (χ3n) is 2.41. The molecule has 0 aliphatic carbocycles. The van der Waals surface area contributed by atoms with E-state index >= 15 is 0 Å². The van der Waals surface area contributed by atoms with E-state index in [-0.39, 0.29) is 12.5 Å². The molecule has 0 aliphatic rings. The van der Waals surface area contributed by atoms with Crippen molar-refractivity contribution >= 4 is 11.9 Å². The standard InChI is InChI=1S/C14H19NO3/c1-3-4-8-13(16)15-10-14(17)18-12-7-5-6-11(2)9-12/h5-7,9H,3-4,8,10H2,1-2H3,(H,15,16). The number of aryl methyl sites for hydroxylation is 1. The van der Waals surface area contributed by atoms with Crippen molar-refractivity contribution in [2.24, 2.45) is 0 Å². The summed E-state index contributed by atoms with van der Waals surface area (Å²) in [7, 11) is 0. The Hall–Kier alpha value is -1.84. The fourth-order valence-electron chi connectivity index (χ4n) is 1.44. The number of hydrogen-bond acceptors (Lipinski definition) is 3. The fraction of sp³-hybridized carbons (Fsp3) is 0.429.